The van der Waals surface area contributed by atoms with Crippen molar-refractivity contribution < 1.29 is 4.74 Å². The molecule has 0 N–H and O–H groups in total. The summed E-state index contributed by atoms with van der Waals surface area (Å²) in [6.45, 7) is 12.3. The van der Waals surface area contributed by atoms with E-state index in [9.17, 15) is 0 Å². The van der Waals surface area contributed by atoms with Crippen molar-refractivity contribution in [1.29, 1.82) is 0 Å². The van der Waals surface area contributed by atoms with Gasteiger partial charge >= 0.3 is 0 Å². The molecule has 2 heterocycles. The topological polar surface area (TPSA) is 27.1 Å². The van der Waals surface area contributed by atoms with Gasteiger partial charge < -0.3 is 9.30 Å². The van der Waals surface area contributed by atoms with Crippen molar-refractivity contribution >= 4 is 10.9 Å². The van der Waals surface area contributed by atoms with Crippen molar-refractivity contribution in [2.45, 2.75) is 54.2 Å². The first kappa shape index (κ1) is 16.6. The van der Waals surface area contributed by atoms with E-state index < -0.39 is 0 Å². The van der Waals surface area contributed by atoms with Crippen LogP contribution in [0.25, 0.3) is 10.9 Å². The van der Waals surface area contributed by atoms with Crippen LogP contribution < -0.4 is 4.74 Å². The van der Waals surface area contributed by atoms with E-state index in [1.807, 2.05) is 12.3 Å². The van der Waals surface area contributed by atoms with E-state index in [0.717, 1.165) is 24.4 Å². The second-order valence-corrected chi connectivity index (χ2v) is 6.57. The molecule has 3 rings (SSSR count). The summed E-state index contributed by atoms with van der Waals surface area (Å²) in [5.74, 6) is 0.932. The molecule has 24 heavy (non-hydrogen) atoms. The molecule has 0 aliphatic rings. The molecule has 0 aliphatic carbocycles. The lowest BCUT2D eigenvalue weighted by Gasteiger charge is -2.12. The zero-order valence-electron chi connectivity index (χ0n) is 15.3. The molecule has 0 bridgehead atoms. The third kappa shape index (κ3) is 2.91. The number of hydrogen-bond donors (Lipinski definition) is 0. The van der Waals surface area contributed by atoms with Crippen LogP contribution in [0.15, 0.2) is 30.5 Å². The van der Waals surface area contributed by atoms with Gasteiger partial charge in [0.15, 0.2) is 0 Å². The molecule has 0 radical (unpaired) electrons. The fourth-order valence-corrected chi connectivity index (χ4v) is 3.38. The standard InChI is InChI=1S/C21H26N2O/c1-6-11-23-17(5)16(4)18-9-10-22-19(21(18)23)13-24-20-8-7-14(2)12-15(20)3/h7-10,12H,6,11,13H2,1-5H3. The second-order valence-electron chi connectivity index (χ2n) is 6.57. The van der Waals surface area contributed by atoms with Gasteiger partial charge in [0.2, 0.25) is 0 Å². The predicted molar refractivity (Wildman–Crippen MR) is 99.7 cm³/mol. The lowest BCUT2D eigenvalue weighted by Crippen LogP contribution is -2.05. The molecule has 0 saturated carbocycles. The van der Waals surface area contributed by atoms with Crippen LogP contribution >= 0.6 is 0 Å². The molecule has 0 atom stereocenters. The highest BCUT2D eigenvalue weighted by Gasteiger charge is 2.15. The minimum absolute atomic E-state index is 0.494. The summed E-state index contributed by atoms with van der Waals surface area (Å²) >= 11 is 0. The van der Waals surface area contributed by atoms with Crippen molar-refractivity contribution in [2.24, 2.45) is 0 Å². The lowest BCUT2D eigenvalue weighted by molar-refractivity contribution is 0.300. The van der Waals surface area contributed by atoms with Crippen molar-refractivity contribution in [2.75, 3.05) is 0 Å². The molecular weight excluding hydrogens is 296 g/mol. The van der Waals surface area contributed by atoms with Crippen molar-refractivity contribution in [3.05, 3.63) is 58.5 Å². The number of nitrogens with zero attached hydrogens (tertiary/aromatic N) is 2. The van der Waals surface area contributed by atoms with Gasteiger partial charge in [0, 0.05) is 23.8 Å². The Morgan fingerprint density at radius 1 is 1.08 bits per heavy atom. The van der Waals surface area contributed by atoms with Crippen LogP contribution in [0.5, 0.6) is 5.75 Å². The highest BCUT2D eigenvalue weighted by atomic mass is 16.5. The fraction of sp³-hybridized carbons (Fsp3) is 0.381. The molecule has 3 nitrogen and oxygen atoms in total. The number of pyridine rings is 1. The number of aromatic nitrogens is 2. The third-order valence-electron chi connectivity index (χ3n) is 4.76. The first-order chi connectivity index (χ1) is 11.5. The molecule has 2 aromatic heterocycles. The summed E-state index contributed by atoms with van der Waals surface area (Å²) in [5, 5.41) is 1.29. The molecule has 0 amide bonds. The quantitative estimate of drug-likeness (QED) is 0.641. The predicted octanol–water partition coefficient (Wildman–Crippen LogP) is 5.26. The van der Waals surface area contributed by atoms with Gasteiger partial charge in [0.05, 0.1) is 5.52 Å². The van der Waals surface area contributed by atoms with Gasteiger partial charge in [-0.25, -0.2) is 0 Å². The smallest absolute Gasteiger partial charge is 0.132 e. The van der Waals surface area contributed by atoms with Crippen molar-refractivity contribution in [1.82, 2.24) is 9.55 Å². The van der Waals surface area contributed by atoms with Gasteiger partial charge in [0.25, 0.3) is 0 Å². The Labute approximate surface area is 144 Å². The molecule has 126 valence electrons. The van der Waals surface area contributed by atoms with Crippen LogP contribution in [0.4, 0.5) is 0 Å². The second kappa shape index (κ2) is 6.68. The van der Waals surface area contributed by atoms with Crippen LogP contribution in [0.3, 0.4) is 0 Å². The Bertz CT molecular complexity index is 877. The Hall–Kier alpha value is -2.29. The van der Waals surface area contributed by atoms with Gasteiger partial charge in [-0.2, -0.15) is 0 Å². The minimum Gasteiger partial charge on any atom is -0.487 e. The first-order valence-electron chi connectivity index (χ1n) is 8.66. The highest BCUT2D eigenvalue weighted by Crippen LogP contribution is 2.28. The lowest BCUT2D eigenvalue weighted by atomic mass is 10.1. The van der Waals surface area contributed by atoms with Crippen molar-refractivity contribution in [3.63, 3.8) is 0 Å². The summed E-state index contributed by atoms with van der Waals surface area (Å²) in [5.41, 5.74) is 7.32. The Morgan fingerprint density at radius 3 is 2.58 bits per heavy atom. The molecule has 0 spiro atoms. The Balaban J connectivity index is 1.98. The molecule has 0 unspecified atom stereocenters. The summed E-state index contributed by atoms with van der Waals surface area (Å²) < 4.78 is 8.48. The molecule has 1 aromatic carbocycles. The molecule has 0 saturated heterocycles. The van der Waals surface area contributed by atoms with E-state index in [2.05, 4.69) is 62.4 Å². The molecular formula is C21H26N2O. The SMILES string of the molecule is CCCn1c(C)c(C)c2ccnc(COc3ccc(C)cc3C)c21. The van der Waals surface area contributed by atoms with E-state index in [-0.39, 0.29) is 0 Å². The normalized spacial score (nSPS) is 11.2. The van der Waals surface area contributed by atoms with E-state index in [4.69, 9.17) is 4.74 Å². The minimum atomic E-state index is 0.494. The maximum Gasteiger partial charge on any atom is 0.132 e. The molecule has 3 heteroatoms. The van der Waals surface area contributed by atoms with E-state index >= 15 is 0 Å². The summed E-state index contributed by atoms with van der Waals surface area (Å²) in [6.07, 6.45) is 3.00. The van der Waals surface area contributed by atoms with E-state index in [0.29, 0.717) is 6.61 Å². The zero-order valence-corrected chi connectivity index (χ0v) is 15.3. The zero-order chi connectivity index (χ0) is 17.3. The van der Waals surface area contributed by atoms with Crippen LogP contribution in [0.1, 0.15) is 41.4 Å². The summed E-state index contributed by atoms with van der Waals surface area (Å²) in [4.78, 5) is 4.62. The number of hydrogen-bond acceptors (Lipinski definition) is 2. The highest BCUT2D eigenvalue weighted by molar-refractivity contribution is 5.86. The van der Waals surface area contributed by atoms with Gasteiger partial charge in [-0.05, 0) is 57.4 Å². The molecule has 3 aromatic rings. The number of benzene rings is 1. The number of aryl methyl sites for hydroxylation is 4. The van der Waals surface area contributed by atoms with Gasteiger partial charge in [-0.15, -0.1) is 0 Å². The van der Waals surface area contributed by atoms with Gasteiger partial charge in [-0.1, -0.05) is 24.6 Å². The maximum atomic E-state index is 6.09. The largest absolute Gasteiger partial charge is 0.487 e. The summed E-state index contributed by atoms with van der Waals surface area (Å²) in [6, 6.07) is 8.40. The Morgan fingerprint density at radius 2 is 1.88 bits per heavy atom. The average molecular weight is 322 g/mol. The number of ether oxygens (including phenoxy) is 1. The van der Waals surface area contributed by atoms with Crippen LogP contribution in [-0.4, -0.2) is 9.55 Å². The van der Waals surface area contributed by atoms with Gasteiger partial charge in [-0.3, -0.25) is 4.98 Å². The average Bonchev–Trinajstić information content (AvgIpc) is 2.80. The first-order valence-corrected chi connectivity index (χ1v) is 8.66. The van der Waals surface area contributed by atoms with E-state index in [1.165, 1.54) is 33.3 Å². The number of rotatable bonds is 5. The monoisotopic (exact) mass is 322 g/mol. The van der Waals surface area contributed by atoms with Crippen LogP contribution in [0, 0.1) is 27.7 Å². The maximum absolute atomic E-state index is 6.09. The summed E-state index contributed by atoms with van der Waals surface area (Å²) in [7, 11) is 0. The fourth-order valence-electron chi connectivity index (χ4n) is 3.38. The van der Waals surface area contributed by atoms with Crippen molar-refractivity contribution in [3.8, 4) is 5.75 Å². The van der Waals surface area contributed by atoms with E-state index in [1.54, 1.807) is 0 Å². The van der Waals surface area contributed by atoms with Crippen LogP contribution in [0.2, 0.25) is 0 Å². The van der Waals surface area contributed by atoms with Crippen LogP contribution in [-0.2, 0) is 13.2 Å². The molecule has 0 aliphatic heterocycles. The third-order valence-corrected chi connectivity index (χ3v) is 4.76. The molecule has 0 fully saturated rings. The van der Waals surface area contributed by atoms with Gasteiger partial charge in [0.1, 0.15) is 18.1 Å². The number of fused-ring (bicyclic) bond motifs is 1. The Kier molecular flexibility index (Phi) is 4.61.